The molecule has 0 bridgehead atoms. The molecule has 0 radical (unpaired) electrons. The van der Waals surface area contributed by atoms with Gasteiger partial charge in [-0.05, 0) is 31.2 Å². The molecule has 0 aliphatic rings. The van der Waals surface area contributed by atoms with Gasteiger partial charge in [-0.15, -0.1) is 0 Å². The maximum Gasteiger partial charge on any atom is 0.244 e. The number of anilines is 1. The van der Waals surface area contributed by atoms with E-state index in [2.05, 4.69) is 10.3 Å². The molecule has 6 nitrogen and oxygen atoms in total. The van der Waals surface area contributed by atoms with E-state index in [0.29, 0.717) is 11.3 Å². The third-order valence-corrected chi connectivity index (χ3v) is 4.86. The summed E-state index contributed by atoms with van der Waals surface area (Å²) in [6, 6.07) is 14.2. The number of nitrogens with zero attached hydrogens (tertiary/aromatic N) is 2. The Morgan fingerprint density at radius 1 is 1.03 bits per heavy atom. The first kappa shape index (κ1) is 21.0. The van der Waals surface area contributed by atoms with Crippen molar-refractivity contribution >= 4 is 28.4 Å². The lowest BCUT2D eigenvalue weighted by atomic mass is 10.0. The number of ketones is 1. The minimum atomic E-state index is -0.793. The monoisotopic (exact) mass is 433 g/mol. The molecule has 2 aromatic carbocycles. The maximum atomic E-state index is 13.9. The van der Waals surface area contributed by atoms with Gasteiger partial charge in [0, 0.05) is 23.5 Å². The summed E-state index contributed by atoms with van der Waals surface area (Å²) in [7, 11) is 0. The topological polar surface area (TPSA) is 81.1 Å². The molecule has 0 aliphatic carbocycles. The Morgan fingerprint density at radius 2 is 1.78 bits per heavy atom. The average Bonchev–Trinajstić information content (AvgIpc) is 2.78. The molecule has 0 saturated carbocycles. The quantitative estimate of drug-likeness (QED) is 0.485. The number of nitrogens with one attached hydrogen (secondary N) is 1. The number of hydrogen-bond donors (Lipinski definition) is 1. The Morgan fingerprint density at radius 3 is 2.53 bits per heavy atom. The SMILES string of the molecule is Cc1ccc2c(=O)c(C(=O)c3ccccc3)cn(CC(=O)Nc3cc(F)ccc3F)c2n1. The fourth-order valence-corrected chi connectivity index (χ4v) is 3.32. The molecular formula is C24H17F2N3O3. The van der Waals surface area contributed by atoms with Crippen LogP contribution in [0.3, 0.4) is 0 Å². The number of carbonyl (C=O) groups excluding carboxylic acids is 2. The Hall–Kier alpha value is -4.20. The molecule has 2 aromatic heterocycles. The summed E-state index contributed by atoms with van der Waals surface area (Å²) in [5.74, 6) is -2.67. The highest BCUT2D eigenvalue weighted by atomic mass is 19.1. The number of rotatable bonds is 5. The number of benzene rings is 2. The van der Waals surface area contributed by atoms with E-state index in [1.165, 1.54) is 10.8 Å². The van der Waals surface area contributed by atoms with Gasteiger partial charge in [0.15, 0.2) is 5.78 Å². The molecule has 0 unspecified atom stereocenters. The molecule has 32 heavy (non-hydrogen) atoms. The number of fused-ring (bicyclic) bond motifs is 1. The van der Waals surface area contributed by atoms with Crippen molar-refractivity contribution in [2.45, 2.75) is 13.5 Å². The molecule has 1 N–H and O–H groups in total. The van der Waals surface area contributed by atoms with Crippen molar-refractivity contribution in [3.8, 4) is 0 Å². The van der Waals surface area contributed by atoms with Crippen LogP contribution in [0.5, 0.6) is 0 Å². The highest BCUT2D eigenvalue weighted by Crippen LogP contribution is 2.17. The number of aromatic nitrogens is 2. The largest absolute Gasteiger partial charge is 0.322 e. The average molecular weight is 433 g/mol. The Bertz CT molecular complexity index is 1420. The van der Waals surface area contributed by atoms with Gasteiger partial charge in [0.1, 0.15) is 23.8 Å². The molecule has 8 heteroatoms. The van der Waals surface area contributed by atoms with Gasteiger partial charge in [-0.25, -0.2) is 13.8 Å². The minimum Gasteiger partial charge on any atom is -0.322 e. The first-order chi connectivity index (χ1) is 15.3. The lowest BCUT2D eigenvalue weighted by Gasteiger charge is -2.13. The zero-order valence-electron chi connectivity index (χ0n) is 16.9. The molecule has 4 aromatic rings. The van der Waals surface area contributed by atoms with Crippen LogP contribution in [0, 0.1) is 18.6 Å². The van der Waals surface area contributed by atoms with Crippen LogP contribution in [0.2, 0.25) is 0 Å². The summed E-state index contributed by atoms with van der Waals surface area (Å²) in [4.78, 5) is 42.9. The van der Waals surface area contributed by atoms with Gasteiger partial charge in [-0.1, -0.05) is 30.3 Å². The van der Waals surface area contributed by atoms with Crippen molar-refractivity contribution in [1.82, 2.24) is 9.55 Å². The van der Waals surface area contributed by atoms with Crippen molar-refractivity contribution in [2.24, 2.45) is 0 Å². The number of aryl methyl sites for hydroxylation is 1. The minimum absolute atomic E-state index is 0.126. The standard InChI is InChI=1S/C24H17F2N3O3/c1-14-7-9-17-23(32)18(22(31)15-5-3-2-4-6-15)12-29(24(17)27-14)13-21(30)28-20-11-16(25)8-10-19(20)26/h2-12H,13H2,1H3,(H,28,30). The summed E-state index contributed by atoms with van der Waals surface area (Å²) in [6.45, 7) is 1.34. The third kappa shape index (κ3) is 4.15. The van der Waals surface area contributed by atoms with Gasteiger partial charge < -0.3 is 9.88 Å². The van der Waals surface area contributed by atoms with E-state index in [9.17, 15) is 23.2 Å². The molecule has 0 aliphatic heterocycles. The second-order valence-corrected chi connectivity index (χ2v) is 7.19. The molecule has 1 amide bonds. The normalized spacial score (nSPS) is 10.8. The van der Waals surface area contributed by atoms with Crippen LogP contribution in [-0.2, 0) is 11.3 Å². The molecular weight excluding hydrogens is 416 g/mol. The predicted octanol–water partition coefficient (Wildman–Crippen LogP) is 3.85. The van der Waals surface area contributed by atoms with Crippen LogP contribution in [-0.4, -0.2) is 21.2 Å². The maximum absolute atomic E-state index is 13.9. The van der Waals surface area contributed by atoms with E-state index < -0.39 is 28.8 Å². The molecule has 160 valence electrons. The number of pyridine rings is 2. The second-order valence-electron chi connectivity index (χ2n) is 7.19. The Labute approximate surface area is 181 Å². The lowest BCUT2D eigenvalue weighted by Crippen LogP contribution is -2.25. The molecule has 0 atom stereocenters. The summed E-state index contributed by atoms with van der Waals surface area (Å²) in [5, 5.41) is 2.48. The van der Waals surface area contributed by atoms with Crippen molar-refractivity contribution in [3.63, 3.8) is 0 Å². The summed E-state index contributed by atoms with van der Waals surface area (Å²) in [5.41, 5.74) is 0.180. The smallest absolute Gasteiger partial charge is 0.244 e. The number of amides is 1. The van der Waals surface area contributed by atoms with Crippen molar-refractivity contribution in [2.75, 3.05) is 5.32 Å². The van der Waals surface area contributed by atoms with Gasteiger partial charge >= 0.3 is 0 Å². The summed E-state index contributed by atoms with van der Waals surface area (Å²) < 4.78 is 28.7. The highest BCUT2D eigenvalue weighted by Gasteiger charge is 2.19. The summed E-state index contributed by atoms with van der Waals surface area (Å²) in [6.07, 6.45) is 1.27. The van der Waals surface area contributed by atoms with Crippen molar-refractivity contribution in [1.29, 1.82) is 0 Å². The van der Waals surface area contributed by atoms with E-state index in [1.54, 1.807) is 49.4 Å². The molecule has 2 heterocycles. The molecule has 0 saturated heterocycles. The first-order valence-corrected chi connectivity index (χ1v) is 9.69. The van der Waals surface area contributed by atoms with Gasteiger partial charge in [0.25, 0.3) is 0 Å². The Balaban J connectivity index is 1.77. The van der Waals surface area contributed by atoms with Gasteiger partial charge in [0.2, 0.25) is 11.3 Å². The molecule has 4 rings (SSSR count). The van der Waals surface area contributed by atoms with E-state index >= 15 is 0 Å². The fraction of sp³-hybridized carbons (Fsp3) is 0.0833. The summed E-state index contributed by atoms with van der Waals surface area (Å²) >= 11 is 0. The zero-order chi connectivity index (χ0) is 22.8. The second kappa shape index (κ2) is 8.50. The Kier molecular flexibility index (Phi) is 5.59. The van der Waals surface area contributed by atoms with Crippen molar-refractivity contribution in [3.05, 3.63) is 106 Å². The zero-order valence-corrected chi connectivity index (χ0v) is 16.9. The van der Waals surface area contributed by atoms with E-state index in [0.717, 1.165) is 18.2 Å². The van der Waals surface area contributed by atoms with Crippen LogP contribution in [0.1, 0.15) is 21.6 Å². The number of halogens is 2. The predicted molar refractivity (Wildman–Crippen MR) is 116 cm³/mol. The van der Waals surface area contributed by atoms with Crippen LogP contribution >= 0.6 is 0 Å². The molecule has 0 spiro atoms. The van der Waals surface area contributed by atoms with Gasteiger partial charge in [-0.2, -0.15) is 0 Å². The lowest BCUT2D eigenvalue weighted by molar-refractivity contribution is -0.116. The highest BCUT2D eigenvalue weighted by molar-refractivity contribution is 6.10. The third-order valence-electron chi connectivity index (χ3n) is 4.86. The van der Waals surface area contributed by atoms with Crippen LogP contribution < -0.4 is 10.7 Å². The molecule has 0 fully saturated rings. The van der Waals surface area contributed by atoms with E-state index in [4.69, 9.17) is 0 Å². The van der Waals surface area contributed by atoms with Crippen molar-refractivity contribution < 1.29 is 18.4 Å². The van der Waals surface area contributed by atoms with E-state index in [-0.39, 0.29) is 28.8 Å². The first-order valence-electron chi connectivity index (χ1n) is 9.69. The van der Waals surface area contributed by atoms with Crippen LogP contribution in [0.25, 0.3) is 11.0 Å². The fourth-order valence-electron chi connectivity index (χ4n) is 3.32. The number of carbonyl (C=O) groups is 2. The van der Waals surface area contributed by atoms with Crippen LogP contribution in [0.15, 0.2) is 71.7 Å². The van der Waals surface area contributed by atoms with Crippen LogP contribution in [0.4, 0.5) is 14.5 Å². The van der Waals surface area contributed by atoms with Gasteiger partial charge in [0.05, 0.1) is 16.6 Å². The van der Waals surface area contributed by atoms with Gasteiger partial charge in [-0.3, -0.25) is 14.4 Å². The van der Waals surface area contributed by atoms with E-state index in [1.807, 2.05) is 0 Å². The number of hydrogen-bond acceptors (Lipinski definition) is 4.